The van der Waals surface area contributed by atoms with Gasteiger partial charge in [0, 0.05) is 13.0 Å². The summed E-state index contributed by atoms with van der Waals surface area (Å²) < 4.78 is 5.48. The third-order valence-corrected chi connectivity index (χ3v) is 3.40. The lowest BCUT2D eigenvalue weighted by atomic mass is 10.0. The predicted molar refractivity (Wildman–Crippen MR) is 66.8 cm³/mol. The maximum Gasteiger partial charge on any atom is 0.122 e. The molecule has 1 aromatic carbocycles. The Balaban J connectivity index is 2.12. The molecule has 0 amide bonds. The first-order valence-electron chi connectivity index (χ1n) is 5.90. The molecule has 1 heterocycles. The number of hydrogen-bond acceptors (Lipinski definition) is 3. The number of rotatable bonds is 3. The standard InChI is InChI=1S/C14H18N2O/c1-14(2,10-15)16(3)9-11-4-5-13-12(8-11)6-7-17-13/h4-5,8H,6-7,9H2,1-3H3. The lowest BCUT2D eigenvalue weighted by molar-refractivity contribution is 0.203. The first-order valence-corrected chi connectivity index (χ1v) is 5.90. The number of nitriles is 1. The summed E-state index contributed by atoms with van der Waals surface area (Å²) >= 11 is 0. The van der Waals surface area contributed by atoms with Gasteiger partial charge in [0.2, 0.25) is 0 Å². The Morgan fingerprint density at radius 2 is 2.24 bits per heavy atom. The van der Waals surface area contributed by atoms with Crippen LogP contribution in [0.2, 0.25) is 0 Å². The Labute approximate surface area is 103 Å². The Hall–Kier alpha value is -1.53. The van der Waals surface area contributed by atoms with Crippen molar-refractivity contribution in [2.45, 2.75) is 32.4 Å². The van der Waals surface area contributed by atoms with Crippen molar-refractivity contribution in [3.05, 3.63) is 29.3 Å². The van der Waals surface area contributed by atoms with Crippen LogP contribution in [0.1, 0.15) is 25.0 Å². The lowest BCUT2D eigenvalue weighted by Gasteiger charge is -2.29. The van der Waals surface area contributed by atoms with Gasteiger partial charge < -0.3 is 4.74 Å². The largest absolute Gasteiger partial charge is 0.493 e. The summed E-state index contributed by atoms with van der Waals surface area (Å²) in [6, 6.07) is 8.61. The second-order valence-corrected chi connectivity index (χ2v) is 5.07. The van der Waals surface area contributed by atoms with Crippen LogP contribution >= 0.6 is 0 Å². The summed E-state index contributed by atoms with van der Waals surface area (Å²) in [4.78, 5) is 2.06. The highest BCUT2D eigenvalue weighted by atomic mass is 16.5. The van der Waals surface area contributed by atoms with E-state index in [1.165, 1.54) is 11.1 Å². The van der Waals surface area contributed by atoms with Crippen molar-refractivity contribution in [2.24, 2.45) is 0 Å². The fourth-order valence-corrected chi connectivity index (χ4v) is 1.90. The molecule has 0 N–H and O–H groups in total. The van der Waals surface area contributed by atoms with E-state index in [-0.39, 0.29) is 0 Å². The number of benzene rings is 1. The second-order valence-electron chi connectivity index (χ2n) is 5.07. The van der Waals surface area contributed by atoms with E-state index in [2.05, 4.69) is 23.1 Å². The molecule has 0 aromatic heterocycles. The third-order valence-electron chi connectivity index (χ3n) is 3.40. The van der Waals surface area contributed by atoms with Crippen molar-refractivity contribution < 1.29 is 4.74 Å². The topological polar surface area (TPSA) is 36.3 Å². The van der Waals surface area contributed by atoms with Gasteiger partial charge in [0.05, 0.1) is 12.7 Å². The summed E-state index contributed by atoms with van der Waals surface area (Å²) in [7, 11) is 1.98. The summed E-state index contributed by atoms with van der Waals surface area (Å²) in [5.41, 5.74) is 2.08. The van der Waals surface area contributed by atoms with Gasteiger partial charge >= 0.3 is 0 Å². The van der Waals surface area contributed by atoms with Crippen LogP contribution in [-0.4, -0.2) is 24.1 Å². The van der Waals surface area contributed by atoms with Gasteiger partial charge in [-0.05, 0) is 38.1 Å². The number of hydrogen-bond donors (Lipinski definition) is 0. The van der Waals surface area contributed by atoms with E-state index < -0.39 is 5.54 Å². The highest BCUT2D eigenvalue weighted by molar-refractivity contribution is 5.39. The van der Waals surface area contributed by atoms with E-state index in [9.17, 15) is 0 Å². The van der Waals surface area contributed by atoms with E-state index >= 15 is 0 Å². The molecule has 1 aromatic rings. The predicted octanol–water partition coefficient (Wildman–Crippen LogP) is 2.36. The molecule has 1 aliphatic rings. The molecule has 0 bridgehead atoms. The molecule has 0 aliphatic carbocycles. The molecule has 0 spiro atoms. The van der Waals surface area contributed by atoms with Crippen molar-refractivity contribution in [3.8, 4) is 11.8 Å². The summed E-state index contributed by atoms with van der Waals surface area (Å²) in [5, 5.41) is 9.09. The number of ether oxygens (including phenoxy) is 1. The molecule has 0 unspecified atom stereocenters. The summed E-state index contributed by atoms with van der Waals surface area (Å²) in [5.74, 6) is 1.01. The van der Waals surface area contributed by atoms with Crippen molar-refractivity contribution in [1.82, 2.24) is 4.90 Å². The van der Waals surface area contributed by atoms with Gasteiger partial charge in [-0.2, -0.15) is 5.26 Å². The van der Waals surface area contributed by atoms with E-state index in [4.69, 9.17) is 10.00 Å². The molecule has 0 saturated heterocycles. The molecule has 90 valence electrons. The SMILES string of the molecule is CN(Cc1ccc2c(c1)CCO2)C(C)(C)C#N. The molecule has 3 heteroatoms. The van der Waals surface area contributed by atoms with Crippen molar-refractivity contribution in [3.63, 3.8) is 0 Å². The molecule has 0 radical (unpaired) electrons. The zero-order valence-corrected chi connectivity index (χ0v) is 10.7. The van der Waals surface area contributed by atoms with Crippen LogP contribution in [0, 0.1) is 11.3 Å². The minimum atomic E-state index is -0.435. The van der Waals surface area contributed by atoms with Crippen LogP contribution in [0.15, 0.2) is 18.2 Å². The van der Waals surface area contributed by atoms with Gasteiger partial charge in [-0.15, -0.1) is 0 Å². The van der Waals surface area contributed by atoms with Gasteiger partial charge in [-0.25, -0.2) is 0 Å². The molecular formula is C14H18N2O. The van der Waals surface area contributed by atoms with E-state index in [1.807, 2.05) is 27.0 Å². The number of fused-ring (bicyclic) bond motifs is 1. The Morgan fingerprint density at radius 3 is 2.94 bits per heavy atom. The van der Waals surface area contributed by atoms with Crippen molar-refractivity contribution >= 4 is 0 Å². The maximum atomic E-state index is 9.09. The van der Waals surface area contributed by atoms with Gasteiger partial charge in [0.1, 0.15) is 11.3 Å². The fraction of sp³-hybridized carbons (Fsp3) is 0.500. The van der Waals surface area contributed by atoms with Crippen LogP contribution < -0.4 is 4.74 Å². The minimum absolute atomic E-state index is 0.435. The van der Waals surface area contributed by atoms with E-state index in [0.29, 0.717) is 0 Å². The van der Waals surface area contributed by atoms with Gasteiger partial charge in [-0.3, -0.25) is 4.90 Å². The molecule has 1 aliphatic heterocycles. The zero-order valence-electron chi connectivity index (χ0n) is 10.7. The Morgan fingerprint density at radius 1 is 1.47 bits per heavy atom. The van der Waals surface area contributed by atoms with Gasteiger partial charge in [-0.1, -0.05) is 12.1 Å². The second kappa shape index (κ2) is 4.38. The number of nitrogens with zero attached hydrogens (tertiary/aromatic N) is 2. The highest BCUT2D eigenvalue weighted by Crippen LogP contribution is 2.26. The minimum Gasteiger partial charge on any atom is -0.493 e. The van der Waals surface area contributed by atoms with Gasteiger partial charge in [0.15, 0.2) is 0 Å². The van der Waals surface area contributed by atoms with Crippen LogP contribution in [0.5, 0.6) is 5.75 Å². The Kier molecular flexibility index (Phi) is 3.08. The van der Waals surface area contributed by atoms with Crippen LogP contribution in [0.4, 0.5) is 0 Å². The molecule has 0 atom stereocenters. The van der Waals surface area contributed by atoms with E-state index in [0.717, 1.165) is 25.3 Å². The average Bonchev–Trinajstić information content (AvgIpc) is 2.76. The van der Waals surface area contributed by atoms with Crippen LogP contribution in [-0.2, 0) is 13.0 Å². The van der Waals surface area contributed by atoms with Crippen LogP contribution in [0.3, 0.4) is 0 Å². The molecule has 3 nitrogen and oxygen atoms in total. The summed E-state index contributed by atoms with van der Waals surface area (Å²) in [6.45, 7) is 5.44. The van der Waals surface area contributed by atoms with Crippen molar-refractivity contribution in [1.29, 1.82) is 5.26 Å². The zero-order chi connectivity index (χ0) is 12.5. The van der Waals surface area contributed by atoms with E-state index in [1.54, 1.807) is 0 Å². The first-order chi connectivity index (χ1) is 8.03. The molecule has 0 fully saturated rings. The lowest BCUT2D eigenvalue weighted by Crippen LogP contribution is -2.39. The smallest absolute Gasteiger partial charge is 0.122 e. The Bertz CT molecular complexity index is 460. The average molecular weight is 230 g/mol. The normalized spacial score (nSPS) is 14.3. The van der Waals surface area contributed by atoms with Gasteiger partial charge in [0.25, 0.3) is 0 Å². The third kappa shape index (κ3) is 2.42. The maximum absolute atomic E-state index is 9.09. The monoisotopic (exact) mass is 230 g/mol. The summed E-state index contributed by atoms with van der Waals surface area (Å²) in [6.07, 6.45) is 0.995. The molecule has 0 saturated carbocycles. The molecule has 17 heavy (non-hydrogen) atoms. The molecule has 2 rings (SSSR count). The first kappa shape index (κ1) is 11.9. The fourth-order valence-electron chi connectivity index (χ4n) is 1.90. The van der Waals surface area contributed by atoms with Crippen molar-refractivity contribution in [2.75, 3.05) is 13.7 Å². The van der Waals surface area contributed by atoms with Crippen LogP contribution in [0.25, 0.3) is 0 Å². The highest BCUT2D eigenvalue weighted by Gasteiger charge is 2.23. The quantitative estimate of drug-likeness (QED) is 0.799. The molecular weight excluding hydrogens is 212 g/mol.